The van der Waals surface area contributed by atoms with E-state index in [0.29, 0.717) is 15.9 Å². The molecule has 0 aromatic heterocycles. The zero-order chi connectivity index (χ0) is 12.2. The molecule has 1 aromatic rings. The van der Waals surface area contributed by atoms with E-state index < -0.39 is 0 Å². The van der Waals surface area contributed by atoms with Crippen molar-refractivity contribution in [2.24, 2.45) is 5.41 Å². The number of rotatable bonds is 5. The van der Waals surface area contributed by atoms with Gasteiger partial charge >= 0.3 is 0 Å². The Morgan fingerprint density at radius 3 is 2.50 bits per heavy atom. The van der Waals surface area contributed by atoms with Crippen molar-refractivity contribution >= 4 is 34.8 Å². The van der Waals surface area contributed by atoms with E-state index in [1.807, 2.05) is 18.2 Å². The van der Waals surface area contributed by atoms with Gasteiger partial charge in [0.2, 0.25) is 0 Å². The van der Waals surface area contributed by atoms with Crippen molar-refractivity contribution in [3.05, 3.63) is 33.8 Å². The first kappa shape index (κ1) is 14.2. The van der Waals surface area contributed by atoms with Crippen LogP contribution in [0.5, 0.6) is 0 Å². The summed E-state index contributed by atoms with van der Waals surface area (Å²) in [5.41, 5.74) is 1.19. The highest BCUT2D eigenvalue weighted by atomic mass is 35.5. The molecule has 0 aliphatic carbocycles. The average molecular weight is 280 g/mol. The Morgan fingerprint density at radius 1 is 1.25 bits per heavy atom. The van der Waals surface area contributed by atoms with Gasteiger partial charge in [-0.05, 0) is 29.9 Å². The number of benzene rings is 1. The lowest BCUT2D eigenvalue weighted by Crippen LogP contribution is -2.21. The molecule has 0 aliphatic rings. The first-order chi connectivity index (χ1) is 7.52. The lowest BCUT2D eigenvalue weighted by molar-refractivity contribution is 0.335. The molecule has 0 bridgehead atoms. The third-order valence-corrected chi connectivity index (χ3v) is 4.33. The molecule has 1 rings (SSSR count). The normalized spacial score (nSPS) is 14.8. The second kappa shape index (κ2) is 6.14. The van der Waals surface area contributed by atoms with Gasteiger partial charge in [-0.1, -0.05) is 55.6 Å². The Balaban J connectivity index is 2.90. The number of hydrogen-bond donors (Lipinski definition) is 0. The monoisotopic (exact) mass is 278 g/mol. The lowest BCUT2D eigenvalue weighted by atomic mass is 9.81. The van der Waals surface area contributed by atoms with E-state index in [9.17, 15) is 0 Å². The van der Waals surface area contributed by atoms with Crippen LogP contribution >= 0.6 is 34.8 Å². The maximum absolute atomic E-state index is 6.18. The van der Waals surface area contributed by atoms with Gasteiger partial charge in [0.25, 0.3) is 0 Å². The van der Waals surface area contributed by atoms with Gasteiger partial charge in [-0.3, -0.25) is 0 Å². The number of alkyl halides is 1. The minimum absolute atomic E-state index is 0.102. The Kier molecular flexibility index (Phi) is 5.43. The Labute approximate surface area is 113 Å². The van der Waals surface area contributed by atoms with Crippen LogP contribution in [0, 0.1) is 5.41 Å². The Bertz CT molecular complexity index is 349. The summed E-state index contributed by atoms with van der Waals surface area (Å²) in [5.74, 6) is 0.643. The molecule has 0 aliphatic heterocycles. The fourth-order valence-electron chi connectivity index (χ4n) is 1.95. The maximum atomic E-state index is 6.18. The minimum atomic E-state index is 0.102. The Hall–Kier alpha value is 0.0900. The maximum Gasteiger partial charge on any atom is 0.0624 e. The van der Waals surface area contributed by atoms with Gasteiger partial charge in [-0.2, -0.15) is 0 Å². The molecular formula is C13H17Cl3. The molecule has 1 aromatic carbocycles. The van der Waals surface area contributed by atoms with Crippen LogP contribution in [-0.2, 0) is 6.42 Å². The third kappa shape index (κ3) is 3.55. The SMILES string of the molecule is CCCC(C)(CCl)Cc1cccc(Cl)c1Cl. The lowest BCUT2D eigenvalue weighted by Gasteiger charge is -2.27. The van der Waals surface area contributed by atoms with Crippen LogP contribution in [0.4, 0.5) is 0 Å². The molecule has 1 unspecified atom stereocenters. The van der Waals surface area contributed by atoms with Gasteiger partial charge in [-0.25, -0.2) is 0 Å². The molecule has 16 heavy (non-hydrogen) atoms. The molecular weight excluding hydrogens is 263 g/mol. The van der Waals surface area contributed by atoms with Crippen LogP contribution in [0.15, 0.2) is 18.2 Å². The highest BCUT2D eigenvalue weighted by molar-refractivity contribution is 6.42. The molecule has 90 valence electrons. The van der Waals surface area contributed by atoms with Gasteiger partial charge in [0.05, 0.1) is 10.0 Å². The fraction of sp³-hybridized carbons (Fsp3) is 0.538. The van der Waals surface area contributed by atoms with Gasteiger partial charge in [0.15, 0.2) is 0 Å². The fourth-order valence-corrected chi connectivity index (χ4v) is 2.57. The topological polar surface area (TPSA) is 0 Å². The van der Waals surface area contributed by atoms with Gasteiger partial charge in [0, 0.05) is 5.88 Å². The minimum Gasteiger partial charge on any atom is -0.126 e. The first-order valence-corrected chi connectivity index (χ1v) is 6.80. The van der Waals surface area contributed by atoms with E-state index in [4.69, 9.17) is 34.8 Å². The molecule has 1 atom stereocenters. The summed E-state index contributed by atoms with van der Waals surface area (Å²) in [5, 5.41) is 1.28. The van der Waals surface area contributed by atoms with Gasteiger partial charge < -0.3 is 0 Å². The average Bonchev–Trinajstić information content (AvgIpc) is 2.25. The molecule has 0 spiro atoms. The van der Waals surface area contributed by atoms with Crippen LogP contribution in [-0.4, -0.2) is 5.88 Å². The summed E-state index contributed by atoms with van der Waals surface area (Å²) >= 11 is 18.2. The molecule has 0 fully saturated rings. The molecule has 3 heteroatoms. The third-order valence-electron chi connectivity index (χ3n) is 2.82. The van der Waals surface area contributed by atoms with Crippen LogP contribution in [0.2, 0.25) is 10.0 Å². The van der Waals surface area contributed by atoms with Crippen LogP contribution in [0.25, 0.3) is 0 Å². The molecule has 0 saturated heterocycles. The van der Waals surface area contributed by atoms with Gasteiger partial charge in [-0.15, -0.1) is 11.6 Å². The summed E-state index contributed by atoms with van der Waals surface area (Å²) in [7, 11) is 0. The summed E-state index contributed by atoms with van der Waals surface area (Å²) in [6.45, 7) is 4.37. The predicted octanol–water partition coefficient (Wildman–Crippen LogP) is 5.58. The Morgan fingerprint density at radius 2 is 1.94 bits per heavy atom. The van der Waals surface area contributed by atoms with Crippen molar-refractivity contribution in [3.8, 4) is 0 Å². The first-order valence-electron chi connectivity index (χ1n) is 5.51. The highest BCUT2D eigenvalue weighted by Crippen LogP contribution is 2.34. The largest absolute Gasteiger partial charge is 0.126 e. The second-order valence-electron chi connectivity index (χ2n) is 4.58. The van der Waals surface area contributed by atoms with Crippen molar-refractivity contribution in [1.29, 1.82) is 0 Å². The smallest absolute Gasteiger partial charge is 0.0624 e. The standard InChI is InChI=1S/C13H17Cl3/c1-3-7-13(2,9-14)8-10-5-4-6-11(15)12(10)16/h4-6H,3,7-9H2,1-2H3. The van der Waals surface area contributed by atoms with E-state index in [-0.39, 0.29) is 5.41 Å². The molecule has 0 amide bonds. The zero-order valence-corrected chi connectivity index (χ0v) is 12.0. The molecule has 0 saturated carbocycles. The molecule has 0 heterocycles. The zero-order valence-electron chi connectivity index (χ0n) is 9.69. The van der Waals surface area contributed by atoms with E-state index >= 15 is 0 Å². The summed E-state index contributed by atoms with van der Waals surface area (Å²) in [4.78, 5) is 0. The van der Waals surface area contributed by atoms with E-state index in [2.05, 4.69) is 13.8 Å². The molecule has 0 nitrogen and oxygen atoms in total. The van der Waals surface area contributed by atoms with Crippen LogP contribution in [0.1, 0.15) is 32.3 Å². The molecule has 0 N–H and O–H groups in total. The van der Waals surface area contributed by atoms with Crippen molar-refractivity contribution in [1.82, 2.24) is 0 Å². The van der Waals surface area contributed by atoms with Crippen molar-refractivity contribution in [2.75, 3.05) is 5.88 Å². The van der Waals surface area contributed by atoms with E-state index in [0.717, 1.165) is 24.8 Å². The highest BCUT2D eigenvalue weighted by Gasteiger charge is 2.24. The van der Waals surface area contributed by atoms with E-state index in [1.165, 1.54) is 0 Å². The van der Waals surface area contributed by atoms with Crippen molar-refractivity contribution in [2.45, 2.75) is 33.1 Å². The number of halogens is 3. The quantitative estimate of drug-likeness (QED) is 0.617. The summed E-state index contributed by atoms with van der Waals surface area (Å²) in [6, 6.07) is 5.77. The molecule has 0 radical (unpaired) electrons. The van der Waals surface area contributed by atoms with E-state index in [1.54, 1.807) is 0 Å². The number of hydrogen-bond acceptors (Lipinski definition) is 0. The van der Waals surface area contributed by atoms with Gasteiger partial charge in [0.1, 0.15) is 0 Å². The van der Waals surface area contributed by atoms with Crippen molar-refractivity contribution < 1.29 is 0 Å². The van der Waals surface area contributed by atoms with Crippen molar-refractivity contribution in [3.63, 3.8) is 0 Å². The summed E-state index contributed by atoms with van der Waals surface area (Å²) < 4.78 is 0. The van der Waals surface area contributed by atoms with Crippen LogP contribution < -0.4 is 0 Å². The second-order valence-corrected chi connectivity index (χ2v) is 5.64. The van der Waals surface area contributed by atoms with Crippen LogP contribution in [0.3, 0.4) is 0 Å². The predicted molar refractivity (Wildman–Crippen MR) is 73.9 cm³/mol. The summed E-state index contributed by atoms with van der Waals surface area (Å²) in [6.07, 6.45) is 3.10.